The van der Waals surface area contributed by atoms with Crippen LogP contribution in [-0.2, 0) is 4.79 Å². The molecule has 0 N–H and O–H groups in total. The van der Waals surface area contributed by atoms with Gasteiger partial charge < -0.3 is 4.90 Å². The van der Waals surface area contributed by atoms with E-state index in [4.69, 9.17) is 0 Å². The molecule has 1 aliphatic carbocycles. The molecule has 1 aliphatic heterocycles. The van der Waals surface area contributed by atoms with Gasteiger partial charge in [-0.05, 0) is 38.2 Å². The smallest absolute Gasteiger partial charge is 0.222 e. The largest absolute Gasteiger partial charge is 0.342 e. The summed E-state index contributed by atoms with van der Waals surface area (Å²) in [6, 6.07) is 1.92. The van der Waals surface area contributed by atoms with Crippen molar-refractivity contribution in [1.29, 1.82) is 0 Å². The number of nitrogens with zero attached hydrogens (tertiary/aromatic N) is 3. The molecule has 0 bridgehead atoms. The van der Waals surface area contributed by atoms with E-state index in [1.165, 1.54) is 25.7 Å². The molecule has 108 valence electrons. The van der Waals surface area contributed by atoms with Gasteiger partial charge in [-0.25, -0.2) is 9.97 Å². The molecule has 2 fully saturated rings. The lowest BCUT2D eigenvalue weighted by Gasteiger charge is -2.18. The number of rotatable bonds is 3. The SMILES string of the molecule is Cc1ccnc(C2CCN(C(=O)CC3CCCC3)C2)n1. The van der Waals surface area contributed by atoms with Gasteiger partial charge >= 0.3 is 0 Å². The maximum atomic E-state index is 12.3. The zero-order valence-corrected chi connectivity index (χ0v) is 12.2. The highest BCUT2D eigenvalue weighted by molar-refractivity contribution is 5.76. The molecule has 20 heavy (non-hydrogen) atoms. The van der Waals surface area contributed by atoms with Crippen molar-refractivity contribution in [2.45, 2.75) is 51.4 Å². The minimum Gasteiger partial charge on any atom is -0.342 e. The maximum Gasteiger partial charge on any atom is 0.222 e. The standard InChI is InChI=1S/C16H23N3O/c1-12-6-8-17-16(18-12)14-7-9-19(11-14)15(20)10-13-4-2-3-5-13/h6,8,13-14H,2-5,7,9-11H2,1H3. The van der Waals surface area contributed by atoms with Crippen LogP contribution in [0.3, 0.4) is 0 Å². The number of hydrogen-bond donors (Lipinski definition) is 0. The third-order valence-electron chi connectivity index (χ3n) is 4.66. The molecular weight excluding hydrogens is 250 g/mol. The van der Waals surface area contributed by atoms with Crippen molar-refractivity contribution < 1.29 is 4.79 Å². The number of aryl methyl sites for hydroxylation is 1. The Morgan fingerprint density at radius 2 is 2.15 bits per heavy atom. The van der Waals surface area contributed by atoms with E-state index in [0.29, 0.717) is 17.7 Å². The Kier molecular flexibility index (Phi) is 3.99. The molecule has 3 rings (SSSR count). The van der Waals surface area contributed by atoms with Crippen molar-refractivity contribution in [1.82, 2.24) is 14.9 Å². The number of aromatic nitrogens is 2. The topological polar surface area (TPSA) is 46.1 Å². The molecule has 1 amide bonds. The van der Waals surface area contributed by atoms with Gasteiger partial charge in [0.1, 0.15) is 5.82 Å². The molecule has 1 unspecified atom stereocenters. The van der Waals surface area contributed by atoms with Crippen molar-refractivity contribution in [3.8, 4) is 0 Å². The Morgan fingerprint density at radius 1 is 1.35 bits per heavy atom. The van der Waals surface area contributed by atoms with Gasteiger partial charge in [0.05, 0.1) is 0 Å². The predicted molar refractivity (Wildman–Crippen MR) is 77.3 cm³/mol. The zero-order valence-electron chi connectivity index (χ0n) is 12.2. The average Bonchev–Trinajstić information content (AvgIpc) is 3.09. The first-order valence-corrected chi connectivity index (χ1v) is 7.79. The van der Waals surface area contributed by atoms with Gasteiger partial charge in [0.2, 0.25) is 5.91 Å². The Balaban J connectivity index is 1.57. The Morgan fingerprint density at radius 3 is 2.90 bits per heavy atom. The number of carbonyl (C=O) groups excluding carboxylic acids is 1. The minimum atomic E-state index is 0.322. The normalized spacial score (nSPS) is 23.4. The van der Waals surface area contributed by atoms with Crippen LogP contribution in [0.4, 0.5) is 0 Å². The Bertz CT molecular complexity index is 482. The van der Waals surface area contributed by atoms with E-state index in [1.54, 1.807) is 0 Å². The predicted octanol–water partition coefficient (Wildman–Crippen LogP) is 2.68. The second kappa shape index (κ2) is 5.90. The molecule has 1 saturated carbocycles. The van der Waals surface area contributed by atoms with Crippen LogP contribution >= 0.6 is 0 Å². The second-order valence-electron chi connectivity index (χ2n) is 6.24. The molecular formula is C16H23N3O. The number of amides is 1. The highest BCUT2D eigenvalue weighted by Gasteiger charge is 2.30. The van der Waals surface area contributed by atoms with Crippen LogP contribution < -0.4 is 0 Å². The molecule has 0 spiro atoms. The number of hydrogen-bond acceptors (Lipinski definition) is 3. The highest BCUT2D eigenvalue weighted by atomic mass is 16.2. The Hall–Kier alpha value is -1.45. The van der Waals surface area contributed by atoms with E-state index in [1.807, 2.05) is 24.1 Å². The summed E-state index contributed by atoms with van der Waals surface area (Å²) >= 11 is 0. The lowest BCUT2D eigenvalue weighted by atomic mass is 10.0. The molecule has 1 saturated heterocycles. The van der Waals surface area contributed by atoms with Crippen LogP contribution in [0.1, 0.15) is 56.0 Å². The number of likely N-dealkylation sites (tertiary alicyclic amines) is 1. The summed E-state index contributed by atoms with van der Waals surface area (Å²) in [5, 5.41) is 0. The zero-order chi connectivity index (χ0) is 13.9. The minimum absolute atomic E-state index is 0.322. The maximum absolute atomic E-state index is 12.3. The average molecular weight is 273 g/mol. The van der Waals surface area contributed by atoms with E-state index in [-0.39, 0.29) is 0 Å². The van der Waals surface area contributed by atoms with E-state index in [2.05, 4.69) is 9.97 Å². The fourth-order valence-corrected chi connectivity index (χ4v) is 3.45. The van der Waals surface area contributed by atoms with Crippen LogP contribution in [0.5, 0.6) is 0 Å². The molecule has 1 atom stereocenters. The third-order valence-corrected chi connectivity index (χ3v) is 4.66. The van der Waals surface area contributed by atoms with E-state index in [9.17, 15) is 4.79 Å². The second-order valence-corrected chi connectivity index (χ2v) is 6.24. The quantitative estimate of drug-likeness (QED) is 0.850. The van der Waals surface area contributed by atoms with Crippen molar-refractivity contribution in [3.63, 3.8) is 0 Å². The molecule has 4 nitrogen and oxygen atoms in total. The van der Waals surface area contributed by atoms with Crippen molar-refractivity contribution in [2.24, 2.45) is 5.92 Å². The molecule has 1 aromatic heterocycles. The molecule has 1 aromatic rings. The van der Waals surface area contributed by atoms with Gasteiger partial charge in [0.25, 0.3) is 0 Å². The summed E-state index contributed by atoms with van der Waals surface area (Å²) in [6.07, 6.45) is 8.66. The van der Waals surface area contributed by atoms with Crippen LogP contribution in [-0.4, -0.2) is 33.9 Å². The lowest BCUT2D eigenvalue weighted by Crippen LogP contribution is -2.29. The highest BCUT2D eigenvalue weighted by Crippen LogP contribution is 2.30. The molecule has 4 heteroatoms. The van der Waals surface area contributed by atoms with E-state index >= 15 is 0 Å². The fraction of sp³-hybridized carbons (Fsp3) is 0.688. The summed E-state index contributed by atoms with van der Waals surface area (Å²) in [4.78, 5) is 23.2. The van der Waals surface area contributed by atoms with Gasteiger partial charge in [0, 0.05) is 37.3 Å². The van der Waals surface area contributed by atoms with Gasteiger partial charge in [-0.15, -0.1) is 0 Å². The van der Waals surface area contributed by atoms with Crippen molar-refractivity contribution in [3.05, 3.63) is 23.8 Å². The van der Waals surface area contributed by atoms with Crippen molar-refractivity contribution in [2.75, 3.05) is 13.1 Å². The van der Waals surface area contributed by atoms with Crippen LogP contribution in [0.25, 0.3) is 0 Å². The fourth-order valence-electron chi connectivity index (χ4n) is 3.45. The summed E-state index contributed by atoms with van der Waals surface area (Å²) in [6.45, 7) is 3.66. The van der Waals surface area contributed by atoms with E-state index in [0.717, 1.165) is 37.4 Å². The Labute approximate surface area is 120 Å². The van der Waals surface area contributed by atoms with Gasteiger partial charge in [-0.1, -0.05) is 12.8 Å². The first-order valence-electron chi connectivity index (χ1n) is 7.79. The molecule has 0 radical (unpaired) electrons. The van der Waals surface area contributed by atoms with Gasteiger partial charge in [0.15, 0.2) is 0 Å². The monoisotopic (exact) mass is 273 g/mol. The number of carbonyl (C=O) groups is 1. The van der Waals surface area contributed by atoms with Crippen molar-refractivity contribution >= 4 is 5.91 Å². The molecule has 2 heterocycles. The van der Waals surface area contributed by atoms with Crippen LogP contribution in [0.15, 0.2) is 12.3 Å². The van der Waals surface area contributed by atoms with Crippen LogP contribution in [0, 0.1) is 12.8 Å². The lowest BCUT2D eigenvalue weighted by molar-refractivity contribution is -0.131. The third kappa shape index (κ3) is 3.00. The molecule has 0 aromatic carbocycles. The van der Waals surface area contributed by atoms with Gasteiger partial charge in [-0.2, -0.15) is 0 Å². The van der Waals surface area contributed by atoms with Gasteiger partial charge in [-0.3, -0.25) is 4.79 Å². The first-order chi connectivity index (χ1) is 9.72. The summed E-state index contributed by atoms with van der Waals surface area (Å²) in [7, 11) is 0. The summed E-state index contributed by atoms with van der Waals surface area (Å²) in [5.41, 5.74) is 1.01. The molecule has 2 aliphatic rings. The van der Waals surface area contributed by atoms with E-state index < -0.39 is 0 Å². The summed E-state index contributed by atoms with van der Waals surface area (Å²) < 4.78 is 0. The first kappa shape index (κ1) is 13.5. The van der Waals surface area contributed by atoms with Crippen LogP contribution in [0.2, 0.25) is 0 Å². The summed E-state index contributed by atoms with van der Waals surface area (Å²) in [5.74, 6) is 2.20.